The number of likely N-dealkylation sites (tertiary alicyclic amines) is 1. The molecule has 0 unspecified atom stereocenters. The van der Waals surface area contributed by atoms with E-state index in [1.54, 1.807) is 6.07 Å². The Hall–Kier alpha value is -1.71. The molecule has 1 aromatic rings. The molecule has 108 valence electrons. The van der Waals surface area contributed by atoms with Crippen molar-refractivity contribution in [3.8, 4) is 11.5 Å². The Kier molecular flexibility index (Phi) is 3.55. The molecule has 2 atom stereocenters. The molecule has 4 heteroatoms. The minimum atomic E-state index is 0.0976. The van der Waals surface area contributed by atoms with Gasteiger partial charge in [-0.2, -0.15) is 0 Å². The topological polar surface area (TPSA) is 38.8 Å². The van der Waals surface area contributed by atoms with E-state index >= 15 is 0 Å². The predicted octanol–water partition coefficient (Wildman–Crippen LogP) is 2.58. The van der Waals surface area contributed by atoms with Crippen LogP contribution in [0.5, 0.6) is 11.5 Å². The van der Waals surface area contributed by atoms with E-state index in [0.717, 1.165) is 18.8 Å². The average Bonchev–Trinajstić information content (AvgIpc) is 2.45. The van der Waals surface area contributed by atoms with E-state index in [4.69, 9.17) is 9.47 Å². The van der Waals surface area contributed by atoms with Crippen LogP contribution in [0.4, 0.5) is 0 Å². The highest BCUT2D eigenvalue weighted by Gasteiger charge is 2.26. The highest BCUT2D eigenvalue weighted by molar-refractivity contribution is 5.95. The molecule has 0 radical (unpaired) electrons. The molecule has 3 rings (SSSR count). The molecular weight excluding hydrogens is 254 g/mol. The van der Waals surface area contributed by atoms with Crippen LogP contribution in [-0.4, -0.2) is 37.1 Å². The normalized spacial score (nSPS) is 25.4. The van der Waals surface area contributed by atoms with Gasteiger partial charge in [-0.15, -0.1) is 0 Å². The number of fused-ring (bicyclic) bond motifs is 1. The summed E-state index contributed by atoms with van der Waals surface area (Å²) in [6.07, 6.45) is 1.20. The second-order valence-electron chi connectivity index (χ2n) is 6.01. The molecule has 20 heavy (non-hydrogen) atoms. The maximum Gasteiger partial charge on any atom is 0.254 e. The van der Waals surface area contributed by atoms with Gasteiger partial charge >= 0.3 is 0 Å². The maximum absolute atomic E-state index is 12.6. The molecular formula is C16H21NO3. The fourth-order valence-corrected chi connectivity index (χ4v) is 3.19. The van der Waals surface area contributed by atoms with Crippen LogP contribution in [0.3, 0.4) is 0 Å². The third-order valence-electron chi connectivity index (χ3n) is 3.95. The van der Waals surface area contributed by atoms with E-state index < -0.39 is 0 Å². The first-order valence-corrected chi connectivity index (χ1v) is 7.32. The van der Waals surface area contributed by atoms with Crippen LogP contribution in [0, 0.1) is 11.8 Å². The second-order valence-corrected chi connectivity index (χ2v) is 6.01. The van der Waals surface area contributed by atoms with Crippen LogP contribution < -0.4 is 9.47 Å². The summed E-state index contributed by atoms with van der Waals surface area (Å²) in [5, 5.41) is 0. The standard InChI is InChI=1S/C16H21NO3/c1-11-7-12(2)10-17(9-11)16(18)13-3-4-14-15(8-13)20-6-5-19-14/h3-4,8,11-12H,5-7,9-10H2,1-2H3/t11-,12+. The molecule has 4 nitrogen and oxygen atoms in total. The summed E-state index contributed by atoms with van der Waals surface area (Å²) in [4.78, 5) is 14.6. The van der Waals surface area contributed by atoms with Gasteiger partial charge in [-0.1, -0.05) is 13.8 Å². The Morgan fingerprint density at radius 2 is 1.75 bits per heavy atom. The monoisotopic (exact) mass is 275 g/mol. The van der Waals surface area contributed by atoms with Crippen molar-refractivity contribution in [2.45, 2.75) is 20.3 Å². The van der Waals surface area contributed by atoms with Crippen molar-refractivity contribution in [2.24, 2.45) is 11.8 Å². The first-order valence-electron chi connectivity index (χ1n) is 7.32. The van der Waals surface area contributed by atoms with Gasteiger partial charge in [-0.05, 0) is 36.5 Å². The number of hydrogen-bond donors (Lipinski definition) is 0. The smallest absolute Gasteiger partial charge is 0.254 e. The molecule has 0 N–H and O–H groups in total. The second kappa shape index (κ2) is 5.35. The first kappa shape index (κ1) is 13.3. The summed E-state index contributed by atoms with van der Waals surface area (Å²) in [7, 11) is 0. The molecule has 2 aliphatic rings. The highest BCUT2D eigenvalue weighted by atomic mass is 16.6. The van der Waals surface area contributed by atoms with E-state index in [1.165, 1.54) is 6.42 Å². The van der Waals surface area contributed by atoms with Gasteiger partial charge in [0.15, 0.2) is 11.5 Å². The minimum Gasteiger partial charge on any atom is -0.486 e. The van der Waals surface area contributed by atoms with Gasteiger partial charge in [0.05, 0.1) is 0 Å². The van der Waals surface area contributed by atoms with Gasteiger partial charge in [-0.3, -0.25) is 4.79 Å². The number of benzene rings is 1. The zero-order chi connectivity index (χ0) is 14.1. The summed E-state index contributed by atoms with van der Waals surface area (Å²) < 4.78 is 11.0. The number of piperidine rings is 1. The third kappa shape index (κ3) is 2.60. The predicted molar refractivity (Wildman–Crippen MR) is 76.3 cm³/mol. The maximum atomic E-state index is 12.6. The zero-order valence-electron chi connectivity index (χ0n) is 12.1. The van der Waals surface area contributed by atoms with Crippen molar-refractivity contribution in [3.63, 3.8) is 0 Å². The minimum absolute atomic E-state index is 0.0976. The van der Waals surface area contributed by atoms with Crippen molar-refractivity contribution in [1.29, 1.82) is 0 Å². The van der Waals surface area contributed by atoms with Crippen molar-refractivity contribution < 1.29 is 14.3 Å². The van der Waals surface area contributed by atoms with Gasteiger partial charge in [0.2, 0.25) is 0 Å². The van der Waals surface area contributed by atoms with Gasteiger partial charge < -0.3 is 14.4 Å². The van der Waals surface area contributed by atoms with E-state index in [9.17, 15) is 4.79 Å². The molecule has 1 amide bonds. The van der Waals surface area contributed by atoms with E-state index in [1.807, 2.05) is 17.0 Å². The zero-order valence-corrected chi connectivity index (χ0v) is 12.1. The van der Waals surface area contributed by atoms with Crippen molar-refractivity contribution in [1.82, 2.24) is 4.90 Å². The van der Waals surface area contributed by atoms with E-state index in [2.05, 4.69) is 13.8 Å². The number of nitrogens with zero attached hydrogens (tertiary/aromatic N) is 1. The fraction of sp³-hybridized carbons (Fsp3) is 0.562. The lowest BCUT2D eigenvalue weighted by Crippen LogP contribution is -2.42. The average molecular weight is 275 g/mol. The van der Waals surface area contributed by atoms with Crippen LogP contribution >= 0.6 is 0 Å². The highest BCUT2D eigenvalue weighted by Crippen LogP contribution is 2.31. The number of hydrogen-bond acceptors (Lipinski definition) is 3. The van der Waals surface area contributed by atoms with Gasteiger partial charge in [-0.25, -0.2) is 0 Å². The lowest BCUT2D eigenvalue weighted by atomic mass is 9.91. The lowest BCUT2D eigenvalue weighted by Gasteiger charge is -2.35. The summed E-state index contributed by atoms with van der Waals surface area (Å²) in [6, 6.07) is 5.47. The molecule has 2 heterocycles. The van der Waals surface area contributed by atoms with Crippen molar-refractivity contribution in [3.05, 3.63) is 23.8 Å². The van der Waals surface area contributed by atoms with Crippen molar-refractivity contribution in [2.75, 3.05) is 26.3 Å². The van der Waals surface area contributed by atoms with Crippen LogP contribution in [0.15, 0.2) is 18.2 Å². The lowest BCUT2D eigenvalue weighted by molar-refractivity contribution is 0.0622. The summed E-state index contributed by atoms with van der Waals surface area (Å²) >= 11 is 0. The summed E-state index contributed by atoms with van der Waals surface area (Å²) in [6.45, 7) is 7.22. The molecule has 0 aliphatic carbocycles. The Morgan fingerprint density at radius 3 is 2.45 bits per heavy atom. The number of amides is 1. The molecule has 0 saturated carbocycles. The Bertz CT molecular complexity index is 504. The molecule has 2 aliphatic heterocycles. The Morgan fingerprint density at radius 1 is 1.10 bits per heavy atom. The van der Waals surface area contributed by atoms with Crippen LogP contribution in [-0.2, 0) is 0 Å². The van der Waals surface area contributed by atoms with Gasteiger partial charge in [0.25, 0.3) is 5.91 Å². The van der Waals surface area contributed by atoms with E-state index in [-0.39, 0.29) is 5.91 Å². The summed E-state index contributed by atoms with van der Waals surface area (Å²) in [5.41, 5.74) is 0.690. The Balaban J connectivity index is 1.79. The number of carbonyl (C=O) groups excluding carboxylic acids is 1. The molecule has 0 spiro atoms. The Labute approximate surface area is 119 Å². The first-order chi connectivity index (χ1) is 9.63. The number of carbonyl (C=O) groups is 1. The SMILES string of the molecule is C[C@@H]1C[C@H](C)CN(C(=O)c2ccc3c(c2)OCCO3)C1. The third-order valence-corrected chi connectivity index (χ3v) is 3.95. The van der Waals surface area contributed by atoms with Gasteiger partial charge in [0.1, 0.15) is 13.2 Å². The van der Waals surface area contributed by atoms with Crippen molar-refractivity contribution >= 4 is 5.91 Å². The van der Waals surface area contributed by atoms with Crippen LogP contribution in [0.2, 0.25) is 0 Å². The van der Waals surface area contributed by atoms with Crippen LogP contribution in [0.1, 0.15) is 30.6 Å². The van der Waals surface area contributed by atoms with Crippen LogP contribution in [0.25, 0.3) is 0 Å². The number of rotatable bonds is 1. The number of ether oxygens (including phenoxy) is 2. The molecule has 1 fully saturated rings. The molecule has 1 saturated heterocycles. The fourth-order valence-electron chi connectivity index (χ4n) is 3.19. The van der Waals surface area contributed by atoms with E-state index in [0.29, 0.717) is 36.4 Å². The molecule has 1 aromatic carbocycles. The quantitative estimate of drug-likeness (QED) is 0.790. The largest absolute Gasteiger partial charge is 0.486 e. The van der Waals surface area contributed by atoms with Gasteiger partial charge in [0, 0.05) is 18.7 Å². The summed E-state index contributed by atoms with van der Waals surface area (Å²) in [5.74, 6) is 2.65. The molecule has 0 bridgehead atoms. The molecule has 0 aromatic heterocycles.